The van der Waals surface area contributed by atoms with E-state index in [1.54, 1.807) is 0 Å². The molecule has 0 spiro atoms. The quantitative estimate of drug-likeness (QED) is 0.307. The Bertz CT molecular complexity index is 986. The van der Waals surface area contributed by atoms with Crippen LogP contribution < -0.4 is 0 Å². The number of quaternary nitrogens is 1. The molecule has 1 saturated heterocycles. The lowest BCUT2D eigenvalue weighted by Crippen LogP contribution is -2.53. The zero-order valence-corrected chi connectivity index (χ0v) is 21.4. The van der Waals surface area contributed by atoms with Gasteiger partial charge >= 0.3 is 0 Å². The van der Waals surface area contributed by atoms with Crippen molar-refractivity contribution < 1.29 is 4.48 Å². The monoisotopic (exact) mass is 490 g/mol. The molecule has 1 heterocycles. The van der Waals surface area contributed by atoms with Crippen LogP contribution in [0.2, 0.25) is 0 Å². The zero-order chi connectivity index (χ0) is 22.6. The molecule has 0 bridgehead atoms. The highest BCUT2D eigenvalue weighted by atomic mass is 79.9. The van der Waals surface area contributed by atoms with Crippen LogP contribution in [0.1, 0.15) is 55.9 Å². The van der Waals surface area contributed by atoms with Gasteiger partial charge in [0, 0.05) is 21.5 Å². The predicted octanol–water partition coefficient (Wildman–Crippen LogP) is 7.92. The number of benzene rings is 3. The lowest BCUT2D eigenvalue weighted by Gasteiger charge is -2.45. The molecule has 1 unspecified atom stereocenters. The first-order valence-corrected chi connectivity index (χ1v) is 12.8. The summed E-state index contributed by atoms with van der Waals surface area (Å²) in [6.45, 7) is 11.6. The fraction of sp³-hybridized carbons (Fsp3) is 0.400. The van der Waals surface area contributed by atoms with Crippen LogP contribution in [0.25, 0.3) is 0 Å². The van der Waals surface area contributed by atoms with Gasteiger partial charge in [-0.25, -0.2) is 0 Å². The lowest BCUT2D eigenvalue weighted by atomic mass is 9.85. The topological polar surface area (TPSA) is 0 Å². The smallest absolute Gasteiger partial charge is 0.105 e. The van der Waals surface area contributed by atoms with Crippen molar-refractivity contribution in [2.45, 2.75) is 58.5 Å². The predicted molar refractivity (Wildman–Crippen MR) is 140 cm³/mol. The molecule has 1 fully saturated rings. The molecule has 0 N–H and O–H groups in total. The molecular formula is C30H37BrN+. The third kappa shape index (κ3) is 6.11. The summed E-state index contributed by atoms with van der Waals surface area (Å²) in [6, 6.07) is 29.5. The van der Waals surface area contributed by atoms with Crippen LogP contribution in [-0.4, -0.2) is 17.6 Å². The van der Waals surface area contributed by atoms with Gasteiger partial charge in [-0.3, -0.25) is 0 Å². The Morgan fingerprint density at radius 2 is 1.38 bits per heavy atom. The molecule has 3 aromatic rings. The van der Waals surface area contributed by atoms with Gasteiger partial charge in [-0.05, 0) is 47.9 Å². The maximum Gasteiger partial charge on any atom is 0.105 e. The van der Waals surface area contributed by atoms with Crippen molar-refractivity contribution in [1.29, 1.82) is 0 Å². The van der Waals surface area contributed by atoms with Gasteiger partial charge in [-0.1, -0.05) is 103 Å². The summed E-state index contributed by atoms with van der Waals surface area (Å²) in [7, 11) is 0. The van der Waals surface area contributed by atoms with E-state index in [4.69, 9.17) is 0 Å². The summed E-state index contributed by atoms with van der Waals surface area (Å²) >= 11 is 3.60. The van der Waals surface area contributed by atoms with Gasteiger partial charge in [0.1, 0.15) is 13.1 Å². The van der Waals surface area contributed by atoms with Gasteiger partial charge in [0.2, 0.25) is 0 Å². The molecule has 2 heteroatoms. The number of halogens is 1. The van der Waals surface area contributed by atoms with Crippen molar-refractivity contribution in [1.82, 2.24) is 0 Å². The fourth-order valence-electron chi connectivity index (χ4n) is 5.38. The van der Waals surface area contributed by atoms with Gasteiger partial charge in [0.25, 0.3) is 0 Å². The standard InChI is InChI=1S/C30H37BrN/c1-30(2,3)28-15-11-24(12-16-28)20-27-10-7-19-32(23-27,21-25-8-5-4-6-9-25)22-26-13-17-29(31)18-14-26/h4-6,8-9,11-18,27H,7,10,19-23H2,1-3H3/q+1/t27-,32?/m0/s1. The molecule has 1 aliphatic rings. The highest BCUT2D eigenvalue weighted by Gasteiger charge is 2.35. The maximum absolute atomic E-state index is 3.60. The summed E-state index contributed by atoms with van der Waals surface area (Å²) in [5.41, 5.74) is 6.04. The van der Waals surface area contributed by atoms with E-state index in [0.29, 0.717) is 0 Å². The van der Waals surface area contributed by atoms with Crippen molar-refractivity contribution >= 4 is 15.9 Å². The minimum Gasteiger partial charge on any atom is -0.316 e. The van der Waals surface area contributed by atoms with E-state index in [1.807, 2.05) is 0 Å². The normalized spacial score (nSPS) is 21.4. The van der Waals surface area contributed by atoms with Gasteiger partial charge in [0.05, 0.1) is 13.1 Å². The Kier molecular flexibility index (Phi) is 7.22. The molecule has 1 nitrogen and oxygen atoms in total. The van der Waals surface area contributed by atoms with E-state index >= 15 is 0 Å². The third-order valence-corrected chi connectivity index (χ3v) is 7.56. The molecule has 168 valence electrons. The molecule has 0 radical (unpaired) electrons. The van der Waals surface area contributed by atoms with Crippen LogP contribution in [0.5, 0.6) is 0 Å². The van der Waals surface area contributed by atoms with Crippen LogP contribution >= 0.6 is 15.9 Å². The largest absolute Gasteiger partial charge is 0.316 e. The highest BCUT2D eigenvalue weighted by molar-refractivity contribution is 9.10. The fourth-order valence-corrected chi connectivity index (χ4v) is 5.64. The number of piperidine rings is 1. The molecule has 0 saturated carbocycles. The van der Waals surface area contributed by atoms with E-state index in [2.05, 4.69) is 116 Å². The van der Waals surface area contributed by atoms with Crippen LogP contribution in [0.4, 0.5) is 0 Å². The molecule has 0 aliphatic carbocycles. The maximum atomic E-state index is 3.60. The second kappa shape index (κ2) is 9.93. The van der Waals surface area contributed by atoms with Crippen molar-refractivity contribution in [3.63, 3.8) is 0 Å². The van der Waals surface area contributed by atoms with Gasteiger partial charge in [0.15, 0.2) is 0 Å². The van der Waals surface area contributed by atoms with Gasteiger partial charge < -0.3 is 4.48 Å². The molecule has 2 atom stereocenters. The SMILES string of the molecule is CC(C)(C)c1ccc(C[C@@H]2CCC[N+](Cc3ccccc3)(Cc3ccc(Br)cc3)C2)cc1. The molecule has 1 aliphatic heterocycles. The van der Waals surface area contributed by atoms with E-state index < -0.39 is 0 Å². The zero-order valence-electron chi connectivity index (χ0n) is 19.9. The molecular weight excluding hydrogens is 454 g/mol. The van der Waals surface area contributed by atoms with Crippen molar-refractivity contribution in [2.75, 3.05) is 13.1 Å². The average Bonchev–Trinajstić information content (AvgIpc) is 2.76. The van der Waals surface area contributed by atoms with E-state index in [-0.39, 0.29) is 5.41 Å². The van der Waals surface area contributed by atoms with Crippen molar-refractivity contribution in [2.24, 2.45) is 5.92 Å². The van der Waals surface area contributed by atoms with Crippen molar-refractivity contribution in [3.05, 3.63) is 106 Å². The summed E-state index contributed by atoms with van der Waals surface area (Å²) in [5, 5.41) is 0. The van der Waals surface area contributed by atoms with Crippen LogP contribution in [0.3, 0.4) is 0 Å². The van der Waals surface area contributed by atoms with E-state index in [1.165, 1.54) is 54.6 Å². The minimum absolute atomic E-state index is 0.218. The number of rotatable bonds is 6. The lowest BCUT2D eigenvalue weighted by molar-refractivity contribution is -0.961. The number of hydrogen-bond acceptors (Lipinski definition) is 0. The summed E-state index contributed by atoms with van der Waals surface area (Å²) in [6.07, 6.45) is 3.85. The number of likely N-dealkylation sites (tertiary alicyclic amines) is 1. The summed E-state index contributed by atoms with van der Waals surface area (Å²) in [5.74, 6) is 0.739. The Labute approximate surface area is 203 Å². The first-order valence-electron chi connectivity index (χ1n) is 12.0. The number of hydrogen-bond donors (Lipinski definition) is 0. The Morgan fingerprint density at radius 1 is 0.781 bits per heavy atom. The van der Waals surface area contributed by atoms with E-state index in [9.17, 15) is 0 Å². The Morgan fingerprint density at radius 3 is 2.00 bits per heavy atom. The van der Waals surface area contributed by atoms with Crippen LogP contribution in [0, 0.1) is 5.92 Å². The number of nitrogens with zero attached hydrogens (tertiary/aromatic N) is 1. The Hall–Kier alpha value is -1.90. The summed E-state index contributed by atoms with van der Waals surface area (Å²) in [4.78, 5) is 0. The molecule has 0 aromatic heterocycles. The van der Waals surface area contributed by atoms with Crippen molar-refractivity contribution in [3.8, 4) is 0 Å². The van der Waals surface area contributed by atoms with Crippen LogP contribution in [-0.2, 0) is 24.9 Å². The molecule has 0 amide bonds. The van der Waals surface area contributed by atoms with Gasteiger partial charge in [-0.15, -0.1) is 0 Å². The Balaban J connectivity index is 1.53. The first-order chi connectivity index (χ1) is 15.3. The highest BCUT2D eigenvalue weighted by Crippen LogP contribution is 2.32. The van der Waals surface area contributed by atoms with Gasteiger partial charge in [-0.2, -0.15) is 0 Å². The average molecular weight is 492 g/mol. The molecule has 3 aromatic carbocycles. The van der Waals surface area contributed by atoms with Crippen LogP contribution in [0.15, 0.2) is 83.3 Å². The summed E-state index contributed by atoms with van der Waals surface area (Å²) < 4.78 is 2.32. The van der Waals surface area contributed by atoms with E-state index in [0.717, 1.165) is 28.0 Å². The third-order valence-electron chi connectivity index (χ3n) is 7.03. The molecule has 32 heavy (non-hydrogen) atoms. The minimum atomic E-state index is 0.218. The second-order valence-corrected chi connectivity index (χ2v) is 11.8. The second-order valence-electron chi connectivity index (χ2n) is 10.8. The molecule has 4 rings (SSSR count). The first kappa shape index (κ1) is 23.3.